The first-order chi connectivity index (χ1) is 12.8. The van der Waals surface area contributed by atoms with Gasteiger partial charge in [-0.05, 0) is 48.1 Å². The Kier molecular flexibility index (Phi) is 4.84. The van der Waals surface area contributed by atoms with E-state index in [9.17, 15) is 0 Å². The summed E-state index contributed by atoms with van der Waals surface area (Å²) in [6, 6.07) is 18.1. The number of benzene rings is 2. The fourth-order valence-corrected chi connectivity index (χ4v) is 3.15. The summed E-state index contributed by atoms with van der Waals surface area (Å²) in [6.45, 7) is 0.810. The zero-order valence-corrected chi connectivity index (χ0v) is 14.9. The number of halogens is 1. The topological polar surface area (TPSA) is 51.0 Å². The number of pyridine rings is 1. The molecule has 4 aromatic rings. The lowest BCUT2D eigenvalue weighted by molar-refractivity contribution is 0.434. The standard InChI is InChI=1S/C21H18ClN3O/c22-19-5-1-3-15(11-19)4-2-9-24-21-13-20(25-26-21)17-6-7-18-14-23-10-8-16(18)12-17/h1,3,5-8,10-14,24H,2,4,9H2. The highest BCUT2D eigenvalue weighted by Gasteiger charge is 2.07. The summed E-state index contributed by atoms with van der Waals surface area (Å²) in [7, 11) is 0. The van der Waals surface area contributed by atoms with Gasteiger partial charge in [0.05, 0.1) is 0 Å². The zero-order chi connectivity index (χ0) is 17.8. The fraction of sp³-hybridized carbons (Fsp3) is 0.143. The molecular formula is C21H18ClN3O. The van der Waals surface area contributed by atoms with Gasteiger partial charge in [0, 0.05) is 41.0 Å². The second kappa shape index (κ2) is 7.58. The van der Waals surface area contributed by atoms with Gasteiger partial charge < -0.3 is 9.84 Å². The predicted octanol–water partition coefficient (Wildman–Crippen LogP) is 5.59. The van der Waals surface area contributed by atoms with E-state index in [2.05, 4.69) is 27.6 Å². The molecule has 0 unspecified atom stereocenters. The summed E-state index contributed by atoms with van der Waals surface area (Å²) in [5, 5.41) is 10.5. The molecule has 5 heteroatoms. The average Bonchev–Trinajstić information content (AvgIpc) is 3.14. The number of hydrogen-bond acceptors (Lipinski definition) is 4. The van der Waals surface area contributed by atoms with Crippen molar-refractivity contribution in [1.82, 2.24) is 10.1 Å². The van der Waals surface area contributed by atoms with Crippen LogP contribution < -0.4 is 5.32 Å². The highest BCUT2D eigenvalue weighted by atomic mass is 35.5. The van der Waals surface area contributed by atoms with Gasteiger partial charge in [-0.25, -0.2) is 0 Å². The minimum absolute atomic E-state index is 0.681. The van der Waals surface area contributed by atoms with Gasteiger partial charge in [0.2, 0.25) is 5.88 Å². The highest BCUT2D eigenvalue weighted by molar-refractivity contribution is 6.30. The van der Waals surface area contributed by atoms with Gasteiger partial charge in [-0.2, -0.15) is 0 Å². The van der Waals surface area contributed by atoms with Crippen LogP contribution in [0.25, 0.3) is 22.0 Å². The van der Waals surface area contributed by atoms with Gasteiger partial charge in [-0.15, -0.1) is 0 Å². The fourth-order valence-electron chi connectivity index (χ4n) is 2.93. The van der Waals surface area contributed by atoms with Crippen LogP contribution in [0.15, 0.2) is 71.5 Å². The second-order valence-corrected chi connectivity index (χ2v) is 6.61. The number of fused-ring (bicyclic) bond motifs is 1. The molecule has 0 aliphatic heterocycles. The summed E-state index contributed by atoms with van der Waals surface area (Å²) >= 11 is 6.01. The van der Waals surface area contributed by atoms with Crippen LogP contribution in [0.3, 0.4) is 0 Å². The number of aryl methyl sites for hydroxylation is 1. The van der Waals surface area contributed by atoms with Gasteiger partial charge in [0.1, 0.15) is 5.69 Å². The first-order valence-electron chi connectivity index (χ1n) is 8.57. The third-order valence-electron chi connectivity index (χ3n) is 4.28. The molecule has 0 amide bonds. The molecule has 0 saturated heterocycles. The van der Waals surface area contributed by atoms with Crippen LogP contribution in [0.2, 0.25) is 5.02 Å². The monoisotopic (exact) mass is 363 g/mol. The minimum atomic E-state index is 0.681. The Hall–Kier alpha value is -2.85. The van der Waals surface area contributed by atoms with E-state index in [-0.39, 0.29) is 0 Å². The van der Waals surface area contributed by atoms with Crippen molar-refractivity contribution in [3.63, 3.8) is 0 Å². The molecule has 2 aromatic carbocycles. The van der Waals surface area contributed by atoms with Crippen LogP contribution in [0.1, 0.15) is 12.0 Å². The van der Waals surface area contributed by atoms with Crippen molar-refractivity contribution >= 4 is 28.3 Å². The number of aromatic nitrogens is 2. The third-order valence-corrected chi connectivity index (χ3v) is 4.51. The van der Waals surface area contributed by atoms with Crippen molar-refractivity contribution in [3.05, 3.63) is 77.6 Å². The molecule has 26 heavy (non-hydrogen) atoms. The summed E-state index contributed by atoms with van der Waals surface area (Å²) in [5.41, 5.74) is 3.09. The maximum Gasteiger partial charge on any atom is 0.225 e. The van der Waals surface area contributed by atoms with Gasteiger partial charge in [0.15, 0.2) is 0 Å². The molecule has 130 valence electrons. The molecule has 0 atom stereocenters. The van der Waals surface area contributed by atoms with Gasteiger partial charge >= 0.3 is 0 Å². The number of anilines is 1. The molecule has 2 heterocycles. The summed E-state index contributed by atoms with van der Waals surface area (Å²) in [6.07, 6.45) is 5.60. The van der Waals surface area contributed by atoms with E-state index in [4.69, 9.17) is 16.1 Å². The lowest BCUT2D eigenvalue weighted by Crippen LogP contribution is -2.01. The van der Waals surface area contributed by atoms with Gasteiger partial charge in [-0.1, -0.05) is 41.0 Å². The molecule has 0 aliphatic rings. The number of rotatable bonds is 6. The van der Waals surface area contributed by atoms with E-state index >= 15 is 0 Å². The Morgan fingerprint density at radius 3 is 2.88 bits per heavy atom. The van der Waals surface area contributed by atoms with Crippen LogP contribution in [-0.4, -0.2) is 16.7 Å². The van der Waals surface area contributed by atoms with E-state index in [1.54, 1.807) is 6.20 Å². The van der Waals surface area contributed by atoms with Crippen molar-refractivity contribution in [1.29, 1.82) is 0 Å². The molecule has 0 spiro atoms. The molecule has 4 nitrogen and oxygen atoms in total. The summed E-state index contributed by atoms with van der Waals surface area (Å²) < 4.78 is 5.41. The first-order valence-corrected chi connectivity index (χ1v) is 8.95. The van der Waals surface area contributed by atoms with Gasteiger partial charge in [-0.3, -0.25) is 4.98 Å². The smallest absolute Gasteiger partial charge is 0.225 e. The van der Waals surface area contributed by atoms with Crippen LogP contribution in [-0.2, 0) is 6.42 Å². The van der Waals surface area contributed by atoms with Crippen LogP contribution in [0, 0.1) is 0 Å². The lowest BCUT2D eigenvalue weighted by Gasteiger charge is -2.03. The summed E-state index contributed by atoms with van der Waals surface area (Å²) in [5.74, 6) is 0.681. The molecule has 0 aliphatic carbocycles. The van der Waals surface area contributed by atoms with Crippen LogP contribution in [0.4, 0.5) is 5.88 Å². The van der Waals surface area contributed by atoms with Crippen molar-refractivity contribution in [3.8, 4) is 11.3 Å². The quantitative estimate of drug-likeness (QED) is 0.454. The van der Waals surface area contributed by atoms with Crippen molar-refractivity contribution in [2.75, 3.05) is 11.9 Å². The minimum Gasteiger partial charge on any atom is -0.354 e. The van der Waals surface area contributed by atoms with Crippen LogP contribution in [0.5, 0.6) is 0 Å². The zero-order valence-electron chi connectivity index (χ0n) is 14.2. The second-order valence-electron chi connectivity index (χ2n) is 6.17. The Morgan fingerprint density at radius 1 is 1.00 bits per heavy atom. The molecule has 2 aromatic heterocycles. The van der Waals surface area contributed by atoms with E-state index < -0.39 is 0 Å². The van der Waals surface area contributed by atoms with E-state index in [1.807, 2.05) is 48.7 Å². The van der Waals surface area contributed by atoms with E-state index in [0.29, 0.717) is 5.88 Å². The predicted molar refractivity (Wildman–Crippen MR) is 106 cm³/mol. The first kappa shape index (κ1) is 16.6. The van der Waals surface area contributed by atoms with Crippen molar-refractivity contribution in [2.24, 2.45) is 0 Å². The number of nitrogens with zero attached hydrogens (tertiary/aromatic N) is 2. The molecule has 0 fully saturated rings. The van der Waals surface area contributed by atoms with Crippen molar-refractivity contribution in [2.45, 2.75) is 12.8 Å². The van der Waals surface area contributed by atoms with Crippen LogP contribution >= 0.6 is 11.6 Å². The Morgan fingerprint density at radius 2 is 1.96 bits per heavy atom. The highest BCUT2D eigenvalue weighted by Crippen LogP contribution is 2.25. The van der Waals surface area contributed by atoms with Gasteiger partial charge in [0.25, 0.3) is 0 Å². The Balaban J connectivity index is 1.36. The maximum atomic E-state index is 6.01. The number of hydrogen-bond donors (Lipinski definition) is 1. The Labute approximate surface area is 156 Å². The van der Waals surface area contributed by atoms with E-state index in [0.717, 1.165) is 46.4 Å². The lowest BCUT2D eigenvalue weighted by atomic mass is 10.1. The molecule has 1 N–H and O–H groups in total. The molecule has 4 rings (SSSR count). The van der Waals surface area contributed by atoms with Crippen molar-refractivity contribution < 1.29 is 4.52 Å². The maximum absolute atomic E-state index is 6.01. The SMILES string of the molecule is Clc1cccc(CCCNc2cc(-c3ccc4cnccc4c3)no2)c1. The largest absolute Gasteiger partial charge is 0.354 e. The molecular weight excluding hydrogens is 346 g/mol. The molecule has 0 bridgehead atoms. The van der Waals surface area contributed by atoms with E-state index in [1.165, 1.54) is 5.56 Å². The third kappa shape index (κ3) is 3.86. The Bertz CT molecular complexity index is 1030. The molecule has 0 radical (unpaired) electrons. The average molecular weight is 364 g/mol. The normalized spacial score (nSPS) is 11.0. The molecule has 0 saturated carbocycles. The summed E-state index contributed by atoms with van der Waals surface area (Å²) in [4.78, 5) is 4.14. The number of nitrogens with one attached hydrogen (secondary N) is 1.